The van der Waals surface area contributed by atoms with Crippen molar-refractivity contribution in [2.75, 3.05) is 18.0 Å². The highest BCUT2D eigenvalue weighted by atomic mass is 16.1. The van der Waals surface area contributed by atoms with Crippen LogP contribution in [0.4, 0.5) is 5.95 Å². The quantitative estimate of drug-likeness (QED) is 0.879. The molecule has 5 nitrogen and oxygen atoms in total. The standard InChI is InChI=1S/C20H26N4O/c1-3-18(16-9-5-4-6-10-16)19(25)21-14-17-13-15(2)22-20(23-17)24-11-7-8-12-24/h4-6,9-10,13,18H,3,7-8,11-12,14H2,1-2H3,(H,21,25)/t18-/m0/s1. The molecule has 5 heteroatoms. The number of carbonyl (C=O) groups is 1. The van der Waals surface area contributed by atoms with Gasteiger partial charge in [0.2, 0.25) is 11.9 Å². The van der Waals surface area contributed by atoms with E-state index in [2.05, 4.69) is 20.2 Å². The average Bonchev–Trinajstić information content (AvgIpc) is 3.16. The Labute approximate surface area is 149 Å². The molecular formula is C20H26N4O. The summed E-state index contributed by atoms with van der Waals surface area (Å²) in [6, 6.07) is 11.9. The van der Waals surface area contributed by atoms with Crippen LogP contribution in [0.3, 0.4) is 0 Å². The van der Waals surface area contributed by atoms with Crippen molar-refractivity contribution in [1.82, 2.24) is 15.3 Å². The molecule has 1 aromatic carbocycles. The summed E-state index contributed by atoms with van der Waals surface area (Å²) in [5.41, 5.74) is 2.86. The van der Waals surface area contributed by atoms with Gasteiger partial charge in [-0.15, -0.1) is 0 Å². The van der Waals surface area contributed by atoms with Gasteiger partial charge in [0.25, 0.3) is 0 Å². The summed E-state index contributed by atoms with van der Waals surface area (Å²) in [4.78, 5) is 24.0. The molecule has 132 valence electrons. The van der Waals surface area contributed by atoms with E-state index < -0.39 is 0 Å². The minimum atomic E-state index is -0.123. The van der Waals surface area contributed by atoms with Crippen LogP contribution in [-0.4, -0.2) is 29.0 Å². The highest BCUT2D eigenvalue weighted by Crippen LogP contribution is 2.20. The zero-order valence-corrected chi connectivity index (χ0v) is 15.0. The van der Waals surface area contributed by atoms with Gasteiger partial charge in [0.05, 0.1) is 18.2 Å². The predicted octanol–water partition coefficient (Wildman–Crippen LogP) is 3.20. The number of amides is 1. The summed E-state index contributed by atoms with van der Waals surface area (Å²) >= 11 is 0. The van der Waals surface area contributed by atoms with Gasteiger partial charge in [0, 0.05) is 18.8 Å². The van der Waals surface area contributed by atoms with Gasteiger partial charge in [-0.25, -0.2) is 9.97 Å². The van der Waals surface area contributed by atoms with Crippen molar-refractivity contribution < 1.29 is 4.79 Å². The lowest BCUT2D eigenvalue weighted by atomic mass is 9.96. The number of anilines is 1. The molecule has 0 bridgehead atoms. The Morgan fingerprint density at radius 2 is 1.92 bits per heavy atom. The van der Waals surface area contributed by atoms with E-state index in [1.807, 2.05) is 50.2 Å². The third kappa shape index (κ3) is 4.35. The number of rotatable bonds is 6. The van der Waals surface area contributed by atoms with Crippen LogP contribution >= 0.6 is 0 Å². The number of hydrogen-bond donors (Lipinski definition) is 1. The highest BCUT2D eigenvalue weighted by Gasteiger charge is 2.19. The number of carbonyl (C=O) groups excluding carboxylic acids is 1. The second kappa shape index (κ2) is 8.10. The zero-order chi connectivity index (χ0) is 17.6. The van der Waals surface area contributed by atoms with Gasteiger partial charge in [-0.2, -0.15) is 0 Å². The van der Waals surface area contributed by atoms with Gasteiger partial charge in [-0.1, -0.05) is 37.3 Å². The summed E-state index contributed by atoms with van der Waals surface area (Å²) in [6.07, 6.45) is 3.16. The highest BCUT2D eigenvalue weighted by molar-refractivity contribution is 5.83. The summed E-state index contributed by atoms with van der Waals surface area (Å²) in [6.45, 7) is 6.48. The molecule has 1 aliphatic rings. The molecule has 0 spiro atoms. The van der Waals surface area contributed by atoms with Crippen molar-refractivity contribution in [2.45, 2.75) is 45.6 Å². The van der Waals surface area contributed by atoms with E-state index in [0.717, 1.165) is 42.4 Å². The van der Waals surface area contributed by atoms with E-state index in [1.54, 1.807) is 0 Å². The maximum atomic E-state index is 12.6. The summed E-state index contributed by atoms with van der Waals surface area (Å²) in [5.74, 6) is 0.715. The summed E-state index contributed by atoms with van der Waals surface area (Å²) < 4.78 is 0. The Morgan fingerprint density at radius 1 is 1.20 bits per heavy atom. The largest absolute Gasteiger partial charge is 0.350 e. The van der Waals surface area contributed by atoms with Crippen molar-refractivity contribution in [3.05, 3.63) is 53.3 Å². The van der Waals surface area contributed by atoms with Gasteiger partial charge < -0.3 is 10.2 Å². The molecule has 0 unspecified atom stereocenters. The summed E-state index contributed by atoms with van der Waals surface area (Å²) in [5, 5.41) is 3.05. The van der Waals surface area contributed by atoms with Crippen LogP contribution in [0, 0.1) is 6.92 Å². The van der Waals surface area contributed by atoms with Gasteiger partial charge in [-0.3, -0.25) is 4.79 Å². The smallest absolute Gasteiger partial charge is 0.227 e. The third-order valence-corrected chi connectivity index (χ3v) is 4.65. The number of benzene rings is 1. The minimum Gasteiger partial charge on any atom is -0.350 e. The first-order valence-corrected chi connectivity index (χ1v) is 9.09. The van der Waals surface area contributed by atoms with Crippen molar-refractivity contribution in [2.24, 2.45) is 0 Å². The fourth-order valence-electron chi connectivity index (χ4n) is 3.32. The Hall–Kier alpha value is -2.43. The molecular weight excluding hydrogens is 312 g/mol. The van der Waals surface area contributed by atoms with Crippen molar-refractivity contribution in [3.63, 3.8) is 0 Å². The van der Waals surface area contributed by atoms with E-state index in [-0.39, 0.29) is 11.8 Å². The summed E-state index contributed by atoms with van der Waals surface area (Å²) in [7, 11) is 0. The molecule has 1 saturated heterocycles. The van der Waals surface area contributed by atoms with Crippen LogP contribution in [0.15, 0.2) is 36.4 Å². The van der Waals surface area contributed by atoms with Gasteiger partial charge in [0.1, 0.15) is 0 Å². The molecule has 1 aromatic heterocycles. The van der Waals surface area contributed by atoms with Crippen LogP contribution in [0.1, 0.15) is 49.1 Å². The monoisotopic (exact) mass is 338 g/mol. The third-order valence-electron chi connectivity index (χ3n) is 4.65. The number of hydrogen-bond acceptors (Lipinski definition) is 4. The Morgan fingerprint density at radius 3 is 2.60 bits per heavy atom. The second-order valence-electron chi connectivity index (χ2n) is 6.58. The molecule has 1 fully saturated rings. The number of nitrogens with zero attached hydrogens (tertiary/aromatic N) is 3. The number of aromatic nitrogens is 2. The molecule has 25 heavy (non-hydrogen) atoms. The Bertz CT molecular complexity index is 711. The second-order valence-corrected chi connectivity index (χ2v) is 6.58. The topological polar surface area (TPSA) is 58.1 Å². The molecule has 3 rings (SSSR count). The lowest BCUT2D eigenvalue weighted by Crippen LogP contribution is -2.29. The normalized spacial score (nSPS) is 15.2. The predicted molar refractivity (Wildman–Crippen MR) is 99.5 cm³/mol. The van der Waals surface area contributed by atoms with E-state index in [9.17, 15) is 4.79 Å². The van der Waals surface area contributed by atoms with Crippen molar-refractivity contribution >= 4 is 11.9 Å². The molecule has 2 aromatic rings. The molecule has 1 atom stereocenters. The van der Waals surface area contributed by atoms with Crippen LogP contribution in [0.25, 0.3) is 0 Å². The van der Waals surface area contributed by atoms with E-state index in [1.165, 1.54) is 12.8 Å². The molecule has 1 amide bonds. The maximum absolute atomic E-state index is 12.6. The Kier molecular flexibility index (Phi) is 5.64. The first kappa shape index (κ1) is 17.4. The first-order valence-electron chi connectivity index (χ1n) is 9.09. The average molecular weight is 338 g/mol. The number of aryl methyl sites for hydroxylation is 1. The van der Waals surface area contributed by atoms with E-state index in [4.69, 9.17) is 0 Å². The van der Waals surface area contributed by atoms with Crippen LogP contribution in [-0.2, 0) is 11.3 Å². The van der Waals surface area contributed by atoms with Crippen LogP contribution < -0.4 is 10.2 Å². The van der Waals surface area contributed by atoms with Crippen LogP contribution in [0.2, 0.25) is 0 Å². The Balaban J connectivity index is 1.67. The fraction of sp³-hybridized carbons (Fsp3) is 0.450. The lowest BCUT2D eigenvalue weighted by molar-refractivity contribution is -0.122. The van der Waals surface area contributed by atoms with E-state index >= 15 is 0 Å². The maximum Gasteiger partial charge on any atom is 0.227 e. The number of nitrogens with one attached hydrogen (secondary N) is 1. The molecule has 0 radical (unpaired) electrons. The fourth-order valence-corrected chi connectivity index (χ4v) is 3.32. The van der Waals surface area contributed by atoms with Gasteiger partial charge >= 0.3 is 0 Å². The minimum absolute atomic E-state index is 0.0488. The molecule has 1 N–H and O–H groups in total. The zero-order valence-electron chi connectivity index (χ0n) is 15.0. The van der Waals surface area contributed by atoms with E-state index in [0.29, 0.717) is 6.54 Å². The van der Waals surface area contributed by atoms with Crippen molar-refractivity contribution in [1.29, 1.82) is 0 Å². The molecule has 0 aliphatic carbocycles. The van der Waals surface area contributed by atoms with Crippen LogP contribution in [0.5, 0.6) is 0 Å². The molecule has 1 aliphatic heterocycles. The lowest BCUT2D eigenvalue weighted by Gasteiger charge is -2.18. The SMILES string of the molecule is CC[C@H](C(=O)NCc1cc(C)nc(N2CCCC2)n1)c1ccccc1. The van der Waals surface area contributed by atoms with Crippen molar-refractivity contribution in [3.8, 4) is 0 Å². The first-order chi connectivity index (χ1) is 12.2. The molecule has 0 saturated carbocycles. The molecule has 2 heterocycles. The van der Waals surface area contributed by atoms with Gasteiger partial charge in [0.15, 0.2) is 0 Å². The van der Waals surface area contributed by atoms with Gasteiger partial charge in [-0.05, 0) is 37.8 Å².